The molecule has 1 N–H and O–H groups in total. The second kappa shape index (κ2) is 2.91. The van der Waals surface area contributed by atoms with Crippen LogP contribution in [0.5, 0.6) is 0 Å². The minimum absolute atomic E-state index is 0.457. The second-order valence-electron chi connectivity index (χ2n) is 4.37. The van der Waals surface area contributed by atoms with Crippen LogP contribution in [0.4, 0.5) is 0 Å². The molecule has 4 unspecified atom stereocenters. The first-order valence-corrected chi connectivity index (χ1v) is 5.99. The molecule has 1 aliphatic carbocycles. The van der Waals surface area contributed by atoms with Gasteiger partial charge < -0.3 is 5.32 Å². The number of hydrogen-bond donors (Lipinski definition) is 1. The predicted octanol–water partition coefficient (Wildman–Crippen LogP) is 2.47. The fourth-order valence-corrected chi connectivity index (χ4v) is 4.14. The Kier molecular flexibility index (Phi) is 2.16. The van der Waals surface area contributed by atoms with Crippen LogP contribution in [0.25, 0.3) is 0 Å². The third-order valence-corrected chi connectivity index (χ3v) is 5.06. The van der Waals surface area contributed by atoms with Crippen molar-refractivity contribution in [3.8, 4) is 0 Å². The van der Waals surface area contributed by atoms with Gasteiger partial charge in [0.2, 0.25) is 0 Å². The van der Waals surface area contributed by atoms with E-state index in [4.69, 9.17) is 0 Å². The molecule has 0 aromatic heterocycles. The molecule has 0 aromatic carbocycles. The molecular formula is C10H19NS. The SMILES string of the molecule is CCC1(C2CC2C)NCC(C)S1. The average Bonchev–Trinajstić information content (AvgIpc) is 2.64. The maximum Gasteiger partial charge on any atom is 0.0677 e. The normalized spacial score (nSPS) is 52.8. The fourth-order valence-electron chi connectivity index (χ4n) is 2.42. The van der Waals surface area contributed by atoms with Crippen molar-refractivity contribution in [1.29, 1.82) is 0 Å². The van der Waals surface area contributed by atoms with Gasteiger partial charge >= 0.3 is 0 Å². The van der Waals surface area contributed by atoms with Crippen LogP contribution in [0.15, 0.2) is 0 Å². The molecule has 1 saturated heterocycles. The second-order valence-corrected chi connectivity index (χ2v) is 6.14. The lowest BCUT2D eigenvalue weighted by Gasteiger charge is -2.27. The van der Waals surface area contributed by atoms with Gasteiger partial charge in [-0.15, -0.1) is 11.8 Å². The summed E-state index contributed by atoms with van der Waals surface area (Å²) in [4.78, 5) is 0.457. The van der Waals surface area contributed by atoms with Gasteiger partial charge in [-0.25, -0.2) is 0 Å². The third-order valence-electron chi connectivity index (χ3n) is 3.33. The minimum atomic E-state index is 0.457. The van der Waals surface area contributed by atoms with Gasteiger partial charge in [-0.3, -0.25) is 0 Å². The van der Waals surface area contributed by atoms with Gasteiger partial charge in [-0.05, 0) is 24.7 Å². The maximum atomic E-state index is 3.72. The first kappa shape index (κ1) is 8.89. The number of hydrogen-bond acceptors (Lipinski definition) is 2. The van der Waals surface area contributed by atoms with Gasteiger partial charge in [0.05, 0.1) is 4.87 Å². The van der Waals surface area contributed by atoms with E-state index in [0.717, 1.165) is 17.1 Å². The molecule has 0 bridgehead atoms. The highest BCUT2D eigenvalue weighted by atomic mass is 32.2. The van der Waals surface area contributed by atoms with E-state index in [1.807, 2.05) is 0 Å². The van der Waals surface area contributed by atoms with E-state index in [1.165, 1.54) is 19.4 Å². The first-order valence-electron chi connectivity index (χ1n) is 5.11. The zero-order valence-corrected chi connectivity index (χ0v) is 9.08. The van der Waals surface area contributed by atoms with E-state index >= 15 is 0 Å². The molecule has 2 heteroatoms. The summed E-state index contributed by atoms with van der Waals surface area (Å²) in [5.74, 6) is 1.92. The number of rotatable bonds is 2. The Morgan fingerprint density at radius 1 is 1.50 bits per heavy atom. The summed E-state index contributed by atoms with van der Waals surface area (Å²) in [6.45, 7) is 8.25. The van der Waals surface area contributed by atoms with E-state index in [0.29, 0.717) is 4.87 Å². The highest BCUT2D eigenvalue weighted by Gasteiger charge is 2.52. The minimum Gasteiger partial charge on any atom is -0.301 e. The van der Waals surface area contributed by atoms with Crippen molar-refractivity contribution in [3.63, 3.8) is 0 Å². The zero-order chi connectivity index (χ0) is 8.77. The molecule has 2 aliphatic rings. The summed E-state index contributed by atoms with van der Waals surface area (Å²) in [6, 6.07) is 0. The Balaban J connectivity index is 2.05. The molecule has 0 aromatic rings. The highest BCUT2D eigenvalue weighted by molar-refractivity contribution is 8.01. The van der Waals surface area contributed by atoms with Crippen LogP contribution < -0.4 is 5.32 Å². The lowest BCUT2D eigenvalue weighted by molar-refractivity contribution is 0.414. The molecule has 2 fully saturated rings. The van der Waals surface area contributed by atoms with Gasteiger partial charge in [0, 0.05) is 11.8 Å². The lowest BCUT2D eigenvalue weighted by atomic mass is 10.1. The molecule has 0 amide bonds. The van der Waals surface area contributed by atoms with Crippen LogP contribution >= 0.6 is 11.8 Å². The molecule has 1 heterocycles. The van der Waals surface area contributed by atoms with Crippen molar-refractivity contribution >= 4 is 11.8 Å². The molecule has 1 saturated carbocycles. The lowest BCUT2D eigenvalue weighted by Crippen LogP contribution is -2.39. The molecular weight excluding hydrogens is 166 g/mol. The Morgan fingerprint density at radius 3 is 2.50 bits per heavy atom. The van der Waals surface area contributed by atoms with Crippen molar-refractivity contribution in [2.45, 2.75) is 43.7 Å². The van der Waals surface area contributed by atoms with Crippen LogP contribution in [-0.2, 0) is 0 Å². The van der Waals surface area contributed by atoms with Gasteiger partial charge in [-0.1, -0.05) is 20.8 Å². The standard InChI is InChI=1S/C10H19NS/c1-4-10(9-5-7(9)2)11-6-8(3)12-10/h7-9,11H,4-6H2,1-3H3. The van der Waals surface area contributed by atoms with Gasteiger partial charge in [0.25, 0.3) is 0 Å². The van der Waals surface area contributed by atoms with E-state index in [1.54, 1.807) is 0 Å². The molecule has 0 spiro atoms. The van der Waals surface area contributed by atoms with Gasteiger partial charge in [0.15, 0.2) is 0 Å². The van der Waals surface area contributed by atoms with Gasteiger partial charge in [-0.2, -0.15) is 0 Å². The average molecular weight is 185 g/mol. The first-order chi connectivity index (χ1) is 5.68. The molecule has 12 heavy (non-hydrogen) atoms. The summed E-state index contributed by atoms with van der Waals surface area (Å²) in [6.07, 6.45) is 2.73. The van der Waals surface area contributed by atoms with Crippen LogP contribution in [0.3, 0.4) is 0 Å². The fraction of sp³-hybridized carbons (Fsp3) is 1.00. The molecule has 2 rings (SSSR count). The molecule has 4 atom stereocenters. The Morgan fingerprint density at radius 2 is 2.17 bits per heavy atom. The van der Waals surface area contributed by atoms with Crippen LogP contribution in [0.1, 0.15) is 33.6 Å². The predicted molar refractivity (Wildman–Crippen MR) is 55.3 cm³/mol. The summed E-state index contributed by atoms with van der Waals surface area (Å²) in [5.41, 5.74) is 0. The largest absolute Gasteiger partial charge is 0.301 e. The smallest absolute Gasteiger partial charge is 0.0677 e. The van der Waals surface area contributed by atoms with E-state index in [-0.39, 0.29) is 0 Å². The molecule has 70 valence electrons. The Bertz CT molecular complexity index is 183. The van der Waals surface area contributed by atoms with Crippen LogP contribution in [0, 0.1) is 11.8 Å². The maximum absolute atomic E-state index is 3.72. The molecule has 1 nitrogen and oxygen atoms in total. The van der Waals surface area contributed by atoms with Crippen molar-refractivity contribution in [3.05, 3.63) is 0 Å². The Labute approximate surface area is 79.7 Å². The molecule has 0 radical (unpaired) electrons. The van der Waals surface area contributed by atoms with Crippen molar-refractivity contribution in [1.82, 2.24) is 5.32 Å². The topological polar surface area (TPSA) is 12.0 Å². The summed E-state index contributed by atoms with van der Waals surface area (Å²) < 4.78 is 0. The van der Waals surface area contributed by atoms with Crippen LogP contribution in [-0.4, -0.2) is 16.7 Å². The van der Waals surface area contributed by atoms with Crippen LogP contribution in [0.2, 0.25) is 0 Å². The quantitative estimate of drug-likeness (QED) is 0.709. The summed E-state index contributed by atoms with van der Waals surface area (Å²) in [7, 11) is 0. The van der Waals surface area contributed by atoms with E-state index in [9.17, 15) is 0 Å². The van der Waals surface area contributed by atoms with Crippen molar-refractivity contribution in [2.24, 2.45) is 11.8 Å². The van der Waals surface area contributed by atoms with Gasteiger partial charge in [0.1, 0.15) is 0 Å². The summed E-state index contributed by atoms with van der Waals surface area (Å²) >= 11 is 2.18. The van der Waals surface area contributed by atoms with E-state index < -0.39 is 0 Å². The monoisotopic (exact) mass is 185 g/mol. The number of nitrogens with one attached hydrogen (secondary N) is 1. The Hall–Kier alpha value is 0.310. The van der Waals surface area contributed by atoms with E-state index in [2.05, 4.69) is 37.8 Å². The molecule has 1 aliphatic heterocycles. The summed E-state index contributed by atoms with van der Waals surface area (Å²) in [5, 5.41) is 4.54. The highest BCUT2D eigenvalue weighted by Crippen LogP contribution is 2.55. The van der Waals surface area contributed by atoms with Crippen molar-refractivity contribution < 1.29 is 0 Å². The van der Waals surface area contributed by atoms with Crippen molar-refractivity contribution in [2.75, 3.05) is 6.54 Å². The zero-order valence-electron chi connectivity index (χ0n) is 8.26. The third kappa shape index (κ3) is 1.29. The number of thioether (sulfide) groups is 1.